The number of thiazole rings is 1. The molecule has 2 fully saturated rings. The Labute approximate surface area is 135 Å². The quantitative estimate of drug-likeness (QED) is 0.792. The van der Waals surface area contributed by atoms with Crippen molar-refractivity contribution in [1.29, 1.82) is 0 Å². The molecule has 0 saturated heterocycles. The fraction of sp³-hybridized carbons (Fsp3) is 0.714. The summed E-state index contributed by atoms with van der Waals surface area (Å²) in [4.78, 5) is 16.0. The number of aliphatic carboxylic acids is 1. The first-order valence-electron chi connectivity index (χ1n) is 7.56. The Morgan fingerprint density at radius 2 is 2.13 bits per heavy atom. The van der Waals surface area contributed by atoms with Crippen LogP contribution in [0.15, 0.2) is 6.20 Å². The minimum absolute atomic E-state index is 0.0311. The van der Waals surface area contributed by atoms with E-state index in [0.717, 1.165) is 38.4 Å². The van der Waals surface area contributed by atoms with Gasteiger partial charge in [-0.1, -0.05) is 11.3 Å². The van der Waals surface area contributed by atoms with Gasteiger partial charge in [0.05, 0.1) is 12.7 Å². The topological polar surface area (TPSA) is 65.5 Å². The maximum absolute atomic E-state index is 12.5. The molecule has 9 heteroatoms. The Morgan fingerprint density at radius 1 is 1.43 bits per heavy atom. The molecule has 128 valence electrons. The minimum atomic E-state index is -4.36. The van der Waals surface area contributed by atoms with Gasteiger partial charge in [-0.3, -0.25) is 9.69 Å². The second kappa shape index (κ2) is 6.27. The van der Waals surface area contributed by atoms with Crippen LogP contribution in [0.3, 0.4) is 0 Å². The predicted molar refractivity (Wildman–Crippen MR) is 79.5 cm³/mol. The van der Waals surface area contributed by atoms with Crippen molar-refractivity contribution in [2.24, 2.45) is 5.92 Å². The summed E-state index contributed by atoms with van der Waals surface area (Å²) < 4.78 is 37.6. The molecule has 23 heavy (non-hydrogen) atoms. The summed E-state index contributed by atoms with van der Waals surface area (Å²) in [5.41, 5.74) is 0. The number of anilines is 1. The third-order valence-corrected chi connectivity index (χ3v) is 5.24. The fourth-order valence-corrected chi connectivity index (χ4v) is 3.56. The molecule has 0 spiro atoms. The lowest BCUT2D eigenvalue weighted by atomic mass is 9.85. The zero-order valence-corrected chi connectivity index (χ0v) is 13.2. The molecule has 2 aliphatic carbocycles. The number of nitrogens with zero attached hydrogens (tertiary/aromatic N) is 2. The van der Waals surface area contributed by atoms with E-state index in [9.17, 15) is 18.0 Å². The Kier molecular flexibility index (Phi) is 4.50. The number of hydrogen-bond donors (Lipinski definition) is 2. The third kappa shape index (κ3) is 4.35. The third-order valence-electron chi connectivity index (χ3n) is 4.27. The van der Waals surface area contributed by atoms with E-state index in [1.54, 1.807) is 0 Å². The highest BCUT2D eigenvalue weighted by Gasteiger charge is 2.38. The summed E-state index contributed by atoms with van der Waals surface area (Å²) >= 11 is 0.603. The van der Waals surface area contributed by atoms with Gasteiger partial charge in [0.1, 0.15) is 4.88 Å². The van der Waals surface area contributed by atoms with Gasteiger partial charge >= 0.3 is 12.1 Å². The second-order valence-electron chi connectivity index (χ2n) is 6.26. The van der Waals surface area contributed by atoms with E-state index in [-0.39, 0.29) is 23.8 Å². The van der Waals surface area contributed by atoms with Crippen LogP contribution in [-0.4, -0.2) is 46.1 Å². The molecule has 1 aromatic heterocycles. The summed E-state index contributed by atoms with van der Waals surface area (Å²) in [5.74, 6) is -0.230. The van der Waals surface area contributed by atoms with Crippen LogP contribution >= 0.6 is 11.3 Å². The second-order valence-corrected chi connectivity index (χ2v) is 7.29. The van der Waals surface area contributed by atoms with Crippen LogP contribution in [0.4, 0.5) is 18.3 Å². The average Bonchev–Trinajstić information content (AvgIpc) is 3.06. The number of rotatable bonds is 7. The molecule has 3 rings (SSSR count). The van der Waals surface area contributed by atoms with Crippen LogP contribution in [0.5, 0.6) is 0 Å². The first kappa shape index (κ1) is 16.5. The lowest BCUT2D eigenvalue weighted by Crippen LogP contribution is -2.52. The lowest BCUT2D eigenvalue weighted by molar-refractivity contribution is -0.139. The van der Waals surface area contributed by atoms with Crippen LogP contribution in [0, 0.1) is 5.92 Å². The number of carboxylic acids is 1. The van der Waals surface area contributed by atoms with Gasteiger partial charge in [-0.25, -0.2) is 4.98 Å². The molecule has 1 aromatic rings. The van der Waals surface area contributed by atoms with Crippen LogP contribution in [0.25, 0.3) is 0 Å². The number of carboxylic acid groups (broad SMARTS) is 1. The van der Waals surface area contributed by atoms with Gasteiger partial charge in [0.15, 0.2) is 5.13 Å². The zero-order valence-electron chi connectivity index (χ0n) is 12.3. The van der Waals surface area contributed by atoms with Crippen LogP contribution in [-0.2, 0) is 11.0 Å². The molecule has 0 unspecified atom stereocenters. The van der Waals surface area contributed by atoms with Gasteiger partial charge in [0.25, 0.3) is 0 Å². The zero-order chi connectivity index (χ0) is 16.6. The van der Waals surface area contributed by atoms with Gasteiger partial charge in [0.2, 0.25) is 0 Å². The molecule has 0 amide bonds. The van der Waals surface area contributed by atoms with Gasteiger partial charge in [-0.15, -0.1) is 0 Å². The highest BCUT2D eigenvalue weighted by molar-refractivity contribution is 7.15. The summed E-state index contributed by atoms with van der Waals surface area (Å²) in [6, 6.07) is 0.244. The number of nitrogens with one attached hydrogen (secondary N) is 1. The van der Waals surface area contributed by atoms with Gasteiger partial charge in [0, 0.05) is 18.6 Å². The standard InChI is InChI=1S/C14H18F3N3O2S/c15-14(16,17)11-5-18-13(23-11)19-9-3-10(4-9)20(7-12(21)22)6-8-1-2-8/h5,8-10H,1-4,6-7H2,(H,18,19)(H,21,22). The first-order valence-corrected chi connectivity index (χ1v) is 8.38. The van der Waals surface area contributed by atoms with E-state index >= 15 is 0 Å². The number of halogens is 3. The molecule has 0 radical (unpaired) electrons. The summed E-state index contributed by atoms with van der Waals surface area (Å²) in [5, 5.41) is 12.3. The Balaban J connectivity index is 1.49. The van der Waals surface area contributed by atoms with Crippen molar-refractivity contribution in [1.82, 2.24) is 9.88 Å². The van der Waals surface area contributed by atoms with Gasteiger partial charge in [-0.2, -0.15) is 13.2 Å². The van der Waals surface area contributed by atoms with E-state index in [1.807, 2.05) is 4.90 Å². The van der Waals surface area contributed by atoms with E-state index in [4.69, 9.17) is 5.11 Å². The molecule has 5 nitrogen and oxygen atoms in total. The minimum Gasteiger partial charge on any atom is -0.480 e. The average molecular weight is 349 g/mol. The number of aromatic nitrogens is 1. The SMILES string of the molecule is O=C(O)CN(CC1CC1)C1CC(Nc2ncc(C(F)(F)F)s2)C1. The molecule has 2 saturated carbocycles. The number of alkyl halides is 3. The van der Waals surface area contributed by atoms with Crippen molar-refractivity contribution >= 4 is 22.4 Å². The lowest BCUT2D eigenvalue weighted by Gasteiger charge is -2.42. The van der Waals surface area contributed by atoms with Gasteiger partial charge < -0.3 is 10.4 Å². The van der Waals surface area contributed by atoms with Crippen LogP contribution < -0.4 is 5.32 Å². The predicted octanol–water partition coefficient (Wildman–Crippen LogP) is 2.90. The monoisotopic (exact) mass is 349 g/mol. The Hall–Kier alpha value is -1.35. The number of hydrogen-bond acceptors (Lipinski definition) is 5. The van der Waals surface area contributed by atoms with Gasteiger partial charge in [-0.05, 0) is 31.6 Å². The van der Waals surface area contributed by atoms with E-state index in [1.165, 1.54) is 0 Å². The fourth-order valence-electron chi connectivity index (χ4n) is 2.80. The van der Waals surface area contributed by atoms with Crippen molar-refractivity contribution in [3.05, 3.63) is 11.1 Å². The molecule has 2 aliphatic rings. The maximum Gasteiger partial charge on any atom is 0.427 e. The molecule has 0 atom stereocenters. The number of carbonyl (C=O) groups is 1. The Bertz CT molecular complexity index is 568. The molecule has 0 aromatic carbocycles. The summed E-state index contributed by atoms with van der Waals surface area (Å²) in [6.07, 6.45) is 0.269. The largest absolute Gasteiger partial charge is 0.480 e. The normalized spacial score (nSPS) is 24.5. The Morgan fingerprint density at radius 3 is 2.65 bits per heavy atom. The van der Waals surface area contributed by atoms with Crippen molar-refractivity contribution in [2.75, 3.05) is 18.4 Å². The van der Waals surface area contributed by atoms with Crippen molar-refractivity contribution in [2.45, 2.75) is 43.9 Å². The molecule has 1 heterocycles. The molecule has 2 N–H and O–H groups in total. The highest BCUT2D eigenvalue weighted by atomic mass is 32.1. The van der Waals surface area contributed by atoms with Crippen LogP contribution in [0.1, 0.15) is 30.6 Å². The van der Waals surface area contributed by atoms with E-state index in [0.29, 0.717) is 17.3 Å². The first-order chi connectivity index (χ1) is 10.8. The molecular weight excluding hydrogens is 331 g/mol. The molecule has 0 bridgehead atoms. The van der Waals surface area contributed by atoms with Crippen molar-refractivity contribution in [3.63, 3.8) is 0 Å². The van der Waals surface area contributed by atoms with Crippen LogP contribution in [0.2, 0.25) is 0 Å². The summed E-state index contributed by atoms with van der Waals surface area (Å²) in [7, 11) is 0. The molecular formula is C14H18F3N3O2S. The van der Waals surface area contributed by atoms with Crippen molar-refractivity contribution in [3.8, 4) is 0 Å². The molecule has 0 aliphatic heterocycles. The smallest absolute Gasteiger partial charge is 0.427 e. The maximum atomic E-state index is 12.5. The summed E-state index contributed by atoms with van der Waals surface area (Å²) in [6.45, 7) is 0.836. The highest BCUT2D eigenvalue weighted by Crippen LogP contribution is 2.37. The van der Waals surface area contributed by atoms with E-state index < -0.39 is 17.0 Å². The van der Waals surface area contributed by atoms with Crippen molar-refractivity contribution < 1.29 is 23.1 Å². The van der Waals surface area contributed by atoms with E-state index in [2.05, 4.69) is 10.3 Å².